The normalized spacial score (nSPS) is 12.9. The first-order chi connectivity index (χ1) is 10.8. The van der Waals surface area contributed by atoms with E-state index >= 15 is 0 Å². The minimum Gasteiger partial charge on any atom is -0.357 e. The molecule has 0 aromatic carbocycles. The third-order valence-electron chi connectivity index (χ3n) is 3.50. The Bertz CT molecular complexity index is 422. The van der Waals surface area contributed by atoms with Gasteiger partial charge in [-0.05, 0) is 25.7 Å². The summed E-state index contributed by atoms with van der Waals surface area (Å²) in [5.41, 5.74) is 0. The van der Waals surface area contributed by atoms with Crippen LogP contribution in [0.15, 0.2) is 4.99 Å². The van der Waals surface area contributed by atoms with Crippen LogP contribution < -0.4 is 10.6 Å². The van der Waals surface area contributed by atoms with Gasteiger partial charge in [-0.25, -0.2) is 12.7 Å². The smallest absolute Gasteiger partial charge is 0.211 e. The number of unbranched alkanes of at least 4 members (excludes halogenated alkanes) is 1. The summed E-state index contributed by atoms with van der Waals surface area (Å²) in [4.78, 5) is 4.51. The predicted octanol–water partition coefficient (Wildman–Crippen LogP) is 2.04. The van der Waals surface area contributed by atoms with Crippen LogP contribution in [0.3, 0.4) is 0 Å². The molecule has 7 heteroatoms. The molecule has 0 radical (unpaired) electrons. The Hall–Kier alpha value is -0.820. The Balaban J connectivity index is 4.11. The molecule has 138 valence electrons. The number of sulfonamides is 1. The fourth-order valence-corrected chi connectivity index (χ4v) is 3.15. The molecular formula is C16H36N4O2S. The topological polar surface area (TPSA) is 73.8 Å². The van der Waals surface area contributed by atoms with E-state index in [9.17, 15) is 8.42 Å². The SMILES string of the molecule is CCNC(=NCCCN(CC)S(C)(=O)=O)NCCCCC(C)C. The molecule has 0 aliphatic rings. The molecule has 0 aliphatic carbocycles. The lowest BCUT2D eigenvalue weighted by atomic mass is 10.1. The van der Waals surface area contributed by atoms with Crippen LogP contribution >= 0.6 is 0 Å². The van der Waals surface area contributed by atoms with Crippen molar-refractivity contribution in [1.29, 1.82) is 0 Å². The fourth-order valence-electron chi connectivity index (χ4n) is 2.22. The summed E-state index contributed by atoms with van der Waals surface area (Å²) < 4.78 is 24.5. The molecule has 0 aromatic heterocycles. The van der Waals surface area contributed by atoms with Gasteiger partial charge in [-0.2, -0.15) is 0 Å². The summed E-state index contributed by atoms with van der Waals surface area (Å²) in [5.74, 6) is 1.58. The molecule has 0 atom stereocenters. The van der Waals surface area contributed by atoms with E-state index in [0.29, 0.717) is 19.6 Å². The number of nitrogens with one attached hydrogen (secondary N) is 2. The molecule has 0 amide bonds. The number of hydrogen-bond donors (Lipinski definition) is 2. The van der Waals surface area contributed by atoms with Crippen LogP contribution in [0.25, 0.3) is 0 Å². The van der Waals surface area contributed by atoms with Crippen molar-refractivity contribution in [2.75, 3.05) is 39.0 Å². The minimum atomic E-state index is -3.10. The maximum absolute atomic E-state index is 11.5. The van der Waals surface area contributed by atoms with Gasteiger partial charge in [-0.3, -0.25) is 4.99 Å². The Morgan fingerprint density at radius 1 is 1.13 bits per heavy atom. The zero-order chi connectivity index (χ0) is 17.7. The first kappa shape index (κ1) is 22.2. The van der Waals surface area contributed by atoms with Gasteiger partial charge in [0.25, 0.3) is 0 Å². The van der Waals surface area contributed by atoms with Gasteiger partial charge >= 0.3 is 0 Å². The molecule has 0 heterocycles. The highest BCUT2D eigenvalue weighted by Crippen LogP contribution is 2.05. The molecule has 0 saturated carbocycles. The first-order valence-electron chi connectivity index (χ1n) is 8.78. The fraction of sp³-hybridized carbons (Fsp3) is 0.938. The lowest BCUT2D eigenvalue weighted by Crippen LogP contribution is -2.38. The molecule has 2 N–H and O–H groups in total. The van der Waals surface area contributed by atoms with E-state index in [1.54, 1.807) is 0 Å². The van der Waals surface area contributed by atoms with E-state index in [0.717, 1.165) is 37.8 Å². The van der Waals surface area contributed by atoms with Gasteiger partial charge in [0.05, 0.1) is 6.26 Å². The van der Waals surface area contributed by atoms with Gasteiger partial charge in [-0.15, -0.1) is 0 Å². The molecule has 23 heavy (non-hydrogen) atoms. The standard InChI is InChI=1S/C16H36N4O2S/c1-6-17-16(18-12-9-8-11-15(3)4)19-13-10-14-20(7-2)23(5,21)22/h15H,6-14H2,1-5H3,(H2,17,18,19). The maximum Gasteiger partial charge on any atom is 0.211 e. The zero-order valence-corrected chi connectivity index (χ0v) is 16.4. The molecule has 0 spiro atoms. The molecule has 0 aromatic rings. The quantitative estimate of drug-likeness (QED) is 0.321. The van der Waals surface area contributed by atoms with Gasteiger partial charge in [0.2, 0.25) is 10.0 Å². The van der Waals surface area contributed by atoms with Crippen molar-refractivity contribution in [3.05, 3.63) is 0 Å². The second kappa shape index (κ2) is 12.6. The number of guanidine groups is 1. The molecule has 0 aliphatic heterocycles. The minimum absolute atomic E-state index is 0.511. The Labute approximate surface area is 143 Å². The molecule has 0 rings (SSSR count). The zero-order valence-electron chi connectivity index (χ0n) is 15.6. The van der Waals surface area contributed by atoms with Crippen molar-refractivity contribution in [3.63, 3.8) is 0 Å². The third-order valence-corrected chi connectivity index (χ3v) is 4.88. The summed E-state index contributed by atoms with van der Waals surface area (Å²) in [6.45, 7) is 11.8. The van der Waals surface area contributed by atoms with Crippen molar-refractivity contribution in [2.45, 2.75) is 53.4 Å². The van der Waals surface area contributed by atoms with E-state index in [4.69, 9.17) is 0 Å². The summed E-state index contributed by atoms with van der Waals surface area (Å²) in [5, 5.41) is 6.56. The van der Waals surface area contributed by atoms with Crippen molar-refractivity contribution in [3.8, 4) is 0 Å². The van der Waals surface area contributed by atoms with Crippen molar-refractivity contribution in [1.82, 2.24) is 14.9 Å². The van der Waals surface area contributed by atoms with Crippen LogP contribution in [0.4, 0.5) is 0 Å². The van der Waals surface area contributed by atoms with Crippen LogP contribution in [0.2, 0.25) is 0 Å². The third kappa shape index (κ3) is 12.3. The molecule has 0 fully saturated rings. The molecule has 0 bridgehead atoms. The van der Waals surface area contributed by atoms with Crippen LogP contribution in [-0.2, 0) is 10.0 Å². The van der Waals surface area contributed by atoms with Gasteiger partial charge < -0.3 is 10.6 Å². The number of aliphatic imine (C=N–C) groups is 1. The van der Waals surface area contributed by atoms with E-state index in [2.05, 4.69) is 29.5 Å². The number of rotatable bonds is 12. The Morgan fingerprint density at radius 2 is 1.83 bits per heavy atom. The molecule has 0 saturated heterocycles. The number of hydrogen-bond acceptors (Lipinski definition) is 3. The number of nitrogens with zero attached hydrogens (tertiary/aromatic N) is 2. The molecule has 6 nitrogen and oxygen atoms in total. The lowest BCUT2D eigenvalue weighted by Gasteiger charge is -2.17. The second-order valence-corrected chi connectivity index (χ2v) is 8.17. The van der Waals surface area contributed by atoms with Crippen molar-refractivity contribution < 1.29 is 8.42 Å². The van der Waals surface area contributed by atoms with Gasteiger partial charge in [0.15, 0.2) is 5.96 Å². The average Bonchev–Trinajstić information content (AvgIpc) is 2.44. The van der Waals surface area contributed by atoms with Crippen LogP contribution in [0.5, 0.6) is 0 Å². The van der Waals surface area contributed by atoms with Gasteiger partial charge in [0, 0.05) is 32.7 Å². The average molecular weight is 349 g/mol. The van der Waals surface area contributed by atoms with Crippen LogP contribution in [0, 0.1) is 5.92 Å². The van der Waals surface area contributed by atoms with E-state index in [1.807, 2.05) is 13.8 Å². The van der Waals surface area contributed by atoms with Crippen LogP contribution in [-0.4, -0.2) is 57.7 Å². The lowest BCUT2D eigenvalue weighted by molar-refractivity contribution is 0.427. The molecule has 0 unspecified atom stereocenters. The first-order valence-corrected chi connectivity index (χ1v) is 10.6. The van der Waals surface area contributed by atoms with E-state index in [-0.39, 0.29) is 0 Å². The highest BCUT2D eigenvalue weighted by Gasteiger charge is 2.12. The van der Waals surface area contributed by atoms with E-state index in [1.165, 1.54) is 23.4 Å². The highest BCUT2D eigenvalue weighted by atomic mass is 32.2. The van der Waals surface area contributed by atoms with E-state index < -0.39 is 10.0 Å². The monoisotopic (exact) mass is 348 g/mol. The summed E-state index contributed by atoms with van der Waals surface area (Å²) >= 11 is 0. The summed E-state index contributed by atoms with van der Waals surface area (Å²) in [6.07, 6.45) is 5.60. The Kier molecular flexibility index (Phi) is 12.1. The van der Waals surface area contributed by atoms with Gasteiger partial charge in [-0.1, -0.05) is 33.6 Å². The summed E-state index contributed by atoms with van der Waals surface area (Å²) in [7, 11) is -3.10. The largest absolute Gasteiger partial charge is 0.357 e. The summed E-state index contributed by atoms with van der Waals surface area (Å²) in [6, 6.07) is 0. The maximum atomic E-state index is 11.5. The molecular weight excluding hydrogens is 312 g/mol. The Morgan fingerprint density at radius 3 is 2.35 bits per heavy atom. The highest BCUT2D eigenvalue weighted by molar-refractivity contribution is 7.88. The van der Waals surface area contributed by atoms with Crippen molar-refractivity contribution >= 4 is 16.0 Å². The second-order valence-electron chi connectivity index (χ2n) is 6.19. The van der Waals surface area contributed by atoms with Crippen molar-refractivity contribution in [2.24, 2.45) is 10.9 Å². The predicted molar refractivity (Wildman–Crippen MR) is 99.4 cm³/mol. The van der Waals surface area contributed by atoms with Crippen LogP contribution in [0.1, 0.15) is 53.4 Å². The van der Waals surface area contributed by atoms with Gasteiger partial charge in [0.1, 0.15) is 0 Å².